The van der Waals surface area contributed by atoms with Gasteiger partial charge in [0.15, 0.2) is 5.82 Å². The second-order valence-corrected chi connectivity index (χ2v) is 3.71. The Hall–Kier alpha value is -1.81. The van der Waals surface area contributed by atoms with Crippen LogP contribution in [-0.4, -0.2) is 20.1 Å². The van der Waals surface area contributed by atoms with Crippen LogP contribution in [0.15, 0.2) is 24.5 Å². The molecule has 4 nitrogen and oxygen atoms in total. The van der Waals surface area contributed by atoms with Crippen LogP contribution in [-0.2, 0) is 6.61 Å². The molecule has 2 aromatic rings. The highest BCUT2D eigenvalue weighted by molar-refractivity contribution is 5.54. The molecule has 0 bridgehead atoms. The van der Waals surface area contributed by atoms with Crippen LogP contribution in [0.25, 0.3) is 11.5 Å². The summed E-state index contributed by atoms with van der Waals surface area (Å²) in [6.45, 7) is 3.89. The lowest BCUT2D eigenvalue weighted by molar-refractivity contribution is 0.277. The minimum atomic E-state index is -0.0829. The zero-order chi connectivity index (χ0) is 11.5. The SMILES string of the molecule is Cc1cnc(-c2nccc(CO)n2)c(C)c1. The highest BCUT2D eigenvalue weighted by Crippen LogP contribution is 2.17. The highest BCUT2D eigenvalue weighted by Gasteiger charge is 2.07. The highest BCUT2D eigenvalue weighted by atomic mass is 16.3. The van der Waals surface area contributed by atoms with E-state index < -0.39 is 0 Å². The first-order valence-electron chi connectivity index (χ1n) is 5.07. The summed E-state index contributed by atoms with van der Waals surface area (Å²) in [5.41, 5.74) is 3.52. The van der Waals surface area contributed by atoms with E-state index in [0.717, 1.165) is 16.8 Å². The smallest absolute Gasteiger partial charge is 0.178 e. The van der Waals surface area contributed by atoms with Gasteiger partial charge in [0, 0.05) is 12.4 Å². The number of aliphatic hydroxyl groups is 1. The molecule has 2 rings (SSSR count). The van der Waals surface area contributed by atoms with Crippen molar-refractivity contribution in [3.63, 3.8) is 0 Å². The fourth-order valence-corrected chi connectivity index (χ4v) is 1.55. The Balaban J connectivity index is 2.49. The van der Waals surface area contributed by atoms with Crippen molar-refractivity contribution in [2.75, 3.05) is 0 Å². The summed E-state index contributed by atoms with van der Waals surface area (Å²) in [7, 11) is 0. The fourth-order valence-electron chi connectivity index (χ4n) is 1.55. The van der Waals surface area contributed by atoms with E-state index in [4.69, 9.17) is 5.11 Å². The van der Waals surface area contributed by atoms with Gasteiger partial charge >= 0.3 is 0 Å². The Bertz CT molecular complexity index is 511. The maximum Gasteiger partial charge on any atom is 0.178 e. The molecular formula is C12H13N3O. The van der Waals surface area contributed by atoms with Gasteiger partial charge in [0.2, 0.25) is 0 Å². The van der Waals surface area contributed by atoms with Crippen LogP contribution in [0.3, 0.4) is 0 Å². The van der Waals surface area contributed by atoms with Crippen molar-refractivity contribution >= 4 is 0 Å². The number of pyridine rings is 1. The first kappa shape index (κ1) is 10.7. The molecule has 4 heteroatoms. The Morgan fingerprint density at radius 1 is 1.25 bits per heavy atom. The predicted molar refractivity (Wildman–Crippen MR) is 60.7 cm³/mol. The molecule has 2 aromatic heterocycles. The van der Waals surface area contributed by atoms with Crippen molar-refractivity contribution in [1.82, 2.24) is 15.0 Å². The number of hydrogen-bond donors (Lipinski definition) is 1. The lowest BCUT2D eigenvalue weighted by Gasteiger charge is -2.05. The third kappa shape index (κ3) is 2.06. The lowest BCUT2D eigenvalue weighted by atomic mass is 10.1. The maximum absolute atomic E-state index is 9.01. The average Bonchev–Trinajstić information content (AvgIpc) is 2.29. The quantitative estimate of drug-likeness (QED) is 0.827. The number of aryl methyl sites for hydroxylation is 2. The van der Waals surface area contributed by atoms with E-state index >= 15 is 0 Å². The molecule has 0 saturated carbocycles. The first-order chi connectivity index (χ1) is 7.70. The van der Waals surface area contributed by atoms with Gasteiger partial charge < -0.3 is 5.11 Å². The van der Waals surface area contributed by atoms with Crippen molar-refractivity contribution < 1.29 is 5.11 Å². The predicted octanol–water partition coefficient (Wildman–Crippen LogP) is 1.65. The number of nitrogens with zero attached hydrogens (tertiary/aromatic N) is 3. The molecule has 0 fully saturated rings. The largest absolute Gasteiger partial charge is 0.390 e. The van der Waals surface area contributed by atoms with Gasteiger partial charge in [-0.1, -0.05) is 6.07 Å². The molecular weight excluding hydrogens is 202 g/mol. The molecule has 0 aliphatic carbocycles. The summed E-state index contributed by atoms with van der Waals surface area (Å²) < 4.78 is 0. The molecule has 1 N–H and O–H groups in total. The van der Waals surface area contributed by atoms with E-state index in [9.17, 15) is 0 Å². The molecule has 0 aliphatic rings. The Labute approximate surface area is 94.0 Å². The van der Waals surface area contributed by atoms with Crippen LogP contribution in [0.5, 0.6) is 0 Å². The van der Waals surface area contributed by atoms with Gasteiger partial charge in [0.05, 0.1) is 12.3 Å². The molecule has 16 heavy (non-hydrogen) atoms. The standard InChI is InChI=1S/C12H13N3O/c1-8-5-9(2)11(14-6-8)12-13-4-3-10(7-16)15-12/h3-6,16H,7H2,1-2H3. The summed E-state index contributed by atoms with van der Waals surface area (Å²) in [4.78, 5) is 12.7. The fraction of sp³-hybridized carbons (Fsp3) is 0.250. The average molecular weight is 215 g/mol. The molecule has 0 radical (unpaired) electrons. The van der Waals surface area contributed by atoms with Crippen LogP contribution in [0.2, 0.25) is 0 Å². The monoisotopic (exact) mass is 215 g/mol. The van der Waals surface area contributed by atoms with E-state index in [2.05, 4.69) is 15.0 Å². The van der Waals surface area contributed by atoms with E-state index in [1.165, 1.54) is 0 Å². The summed E-state index contributed by atoms with van der Waals surface area (Å²) in [6.07, 6.45) is 3.42. The van der Waals surface area contributed by atoms with Crippen molar-refractivity contribution in [3.8, 4) is 11.5 Å². The van der Waals surface area contributed by atoms with Gasteiger partial charge in [0.1, 0.15) is 5.69 Å². The first-order valence-corrected chi connectivity index (χ1v) is 5.07. The maximum atomic E-state index is 9.01. The molecule has 0 amide bonds. The summed E-state index contributed by atoms with van der Waals surface area (Å²) in [5, 5.41) is 9.01. The third-order valence-corrected chi connectivity index (χ3v) is 2.30. The Kier molecular flexibility index (Phi) is 2.92. The second kappa shape index (κ2) is 4.37. The molecule has 0 saturated heterocycles. The van der Waals surface area contributed by atoms with Crippen LogP contribution >= 0.6 is 0 Å². The Morgan fingerprint density at radius 3 is 2.75 bits per heavy atom. The minimum Gasteiger partial charge on any atom is -0.390 e. The number of aromatic nitrogens is 3. The third-order valence-electron chi connectivity index (χ3n) is 2.30. The van der Waals surface area contributed by atoms with Gasteiger partial charge in [0.25, 0.3) is 0 Å². The van der Waals surface area contributed by atoms with E-state index in [1.807, 2.05) is 19.9 Å². The van der Waals surface area contributed by atoms with Crippen LogP contribution in [0.4, 0.5) is 0 Å². The van der Waals surface area contributed by atoms with Gasteiger partial charge in [-0.2, -0.15) is 0 Å². The number of hydrogen-bond acceptors (Lipinski definition) is 4. The molecule has 0 aliphatic heterocycles. The topological polar surface area (TPSA) is 58.9 Å². The van der Waals surface area contributed by atoms with Gasteiger partial charge in [-0.05, 0) is 31.0 Å². The van der Waals surface area contributed by atoms with E-state index in [0.29, 0.717) is 11.5 Å². The van der Waals surface area contributed by atoms with E-state index in [-0.39, 0.29) is 6.61 Å². The van der Waals surface area contributed by atoms with Gasteiger partial charge in [-0.25, -0.2) is 9.97 Å². The molecule has 0 spiro atoms. The molecule has 2 heterocycles. The minimum absolute atomic E-state index is 0.0829. The van der Waals surface area contributed by atoms with Gasteiger partial charge in [-0.15, -0.1) is 0 Å². The van der Waals surface area contributed by atoms with Crippen LogP contribution in [0.1, 0.15) is 16.8 Å². The number of aliphatic hydroxyl groups excluding tert-OH is 1. The normalized spacial score (nSPS) is 10.4. The van der Waals surface area contributed by atoms with Gasteiger partial charge in [-0.3, -0.25) is 4.98 Å². The lowest BCUT2D eigenvalue weighted by Crippen LogP contribution is -1.98. The summed E-state index contributed by atoms with van der Waals surface area (Å²) in [5.74, 6) is 0.559. The van der Waals surface area contributed by atoms with Crippen molar-refractivity contribution in [2.45, 2.75) is 20.5 Å². The van der Waals surface area contributed by atoms with E-state index in [1.54, 1.807) is 18.5 Å². The Morgan fingerprint density at radius 2 is 2.06 bits per heavy atom. The molecule has 0 atom stereocenters. The zero-order valence-corrected chi connectivity index (χ0v) is 9.31. The zero-order valence-electron chi connectivity index (χ0n) is 9.31. The van der Waals surface area contributed by atoms with Crippen LogP contribution in [0, 0.1) is 13.8 Å². The molecule has 0 unspecified atom stereocenters. The molecule has 82 valence electrons. The van der Waals surface area contributed by atoms with Crippen LogP contribution < -0.4 is 0 Å². The second-order valence-electron chi connectivity index (χ2n) is 3.71. The summed E-state index contributed by atoms with van der Waals surface area (Å²) in [6, 6.07) is 3.73. The van der Waals surface area contributed by atoms with Crippen molar-refractivity contribution in [3.05, 3.63) is 41.3 Å². The molecule has 0 aromatic carbocycles. The summed E-state index contributed by atoms with van der Waals surface area (Å²) >= 11 is 0. The number of rotatable bonds is 2. The van der Waals surface area contributed by atoms with Crippen molar-refractivity contribution in [1.29, 1.82) is 0 Å². The van der Waals surface area contributed by atoms with Crippen molar-refractivity contribution in [2.24, 2.45) is 0 Å².